The van der Waals surface area contributed by atoms with E-state index in [0.717, 1.165) is 31.9 Å². The topological polar surface area (TPSA) is 53.4 Å². The molecule has 7 heteroatoms. The molecule has 0 aliphatic heterocycles. The predicted octanol–water partition coefficient (Wildman–Crippen LogP) is 3.28. The number of aliphatic hydroxyl groups excluding tert-OH is 1. The van der Waals surface area contributed by atoms with E-state index in [1.165, 1.54) is 0 Å². The fourth-order valence-electron chi connectivity index (χ4n) is 2.42. The maximum absolute atomic E-state index is 12.5. The van der Waals surface area contributed by atoms with Crippen LogP contribution in [0.1, 0.15) is 54.5 Å². The van der Waals surface area contributed by atoms with Crippen LogP contribution >= 0.6 is 11.3 Å². The van der Waals surface area contributed by atoms with E-state index in [4.69, 9.17) is 0 Å². The van der Waals surface area contributed by atoms with Gasteiger partial charge < -0.3 is 10.2 Å². The normalized spacial score (nSPS) is 21.9. The minimum atomic E-state index is -4.51. The highest BCUT2D eigenvalue weighted by molar-refractivity contribution is 7.11. The molecule has 0 bridgehead atoms. The van der Waals surface area contributed by atoms with Crippen LogP contribution in [0, 0.1) is 0 Å². The number of hydrogen-bond donors (Lipinski definition) is 2. The molecule has 1 aliphatic rings. The Balaban J connectivity index is 2.18. The van der Waals surface area contributed by atoms with Crippen LogP contribution in [0.4, 0.5) is 13.2 Å². The Kier molecular flexibility index (Phi) is 4.17. The molecule has 3 nitrogen and oxygen atoms in total. The second-order valence-corrected chi connectivity index (χ2v) is 6.05. The van der Waals surface area contributed by atoms with Gasteiger partial charge in [-0.1, -0.05) is 25.7 Å². The number of thiazole rings is 1. The second kappa shape index (κ2) is 5.38. The molecule has 19 heavy (non-hydrogen) atoms. The van der Waals surface area contributed by atoms with Crippen molar-refractivity contribution in [3.63, 3.8) is 0 Å². The molecular formula is C12H16F3NO2S. The fourth-order valence-corrected chi connectivity index (χ4v) is 3.30. The molecule has 1 atom stereocenters. The highest BCUT2D eigenvalue weighted by Crippen LogP contribution is 2.41. The quantitative estimate of drug-likeness (QED) is 0.823. The summed E-state index contributed by atoms with van der Waals surface area (Å²) in [6.45, 7) is 0. The SMILES string of the molecule is OC(c1cnc(C(F)(F)F)s1)C1(O)CCCCCC1. The van der Waals surface area contributed by atoms with Gasteiger partial charge in [0.15, 0.2) is 5.01 Å². The van der Waals surface area contributed by atoms with Crippen molar-refractivity contribution >= 4 is 11.3 Å². The van der Waals surface area contributed by atoms with E-state index in [1.54, 1.807) is 0 Å². The van der Waals surface area contributed by atoms with E-state index in [-0.39, 0.29) is 4.88 Å². The third-order valence-electron chi connectivity index (χ3n) is 3.51. The van der Waals surface area contributed by atoms with Crippen molar-refractivity contribution in [2.45, 2.75) is 56.4 Å². The maximum Gasteiger partial charge on any atom is 0.443 e. The van der Waals surface area contributed by atoms with Crippen LogP contribution in [0.25, 0.3) is 0 Å². The molecule has 2 rings (SSSR count). The van der Waals surface area contributed by atoms with Gasteiger partial charge >= 0.3 is 6.18 Å². The lowest BCUT2D eigenvalue weighted by molar-refractivity contribution is -0.137. The van der Waals surface area contributed by atoms with Crippen molar-refractivity contribution in [2.24, 2.45) is 0 Å². The van der Waals surface area contributed by atoms with Crippen LogP contribution in [0.2, 0.25) is 0 Å². The van der Waals surface area contributed by atoms with E-state index in [2.05, 4.69) is 4.98 Å². The molecule has 0 aromatic carbocycles. The van der Waals surface area contributed by atoms with Crippen LogP contribution in [-0.2, 0) is 6.18 Å². The summed E-state index contributed by atoms with van der Waals surface area (Å²) in [4.78, 5) is 3.36. The van der Waals surface area contributed by atoms with Crippen molar-refractivity contribution in [3.05, 3.63) is 16.1 Å². The van der Waals surface area contributed by atoms with Crippen LogP contribution in [-0.4, -0.2) is 20.8 Å². The number of rotatable bonds is 2. The molecule has 0 spiro atoms. The molecule has 1 heterocycles. The van der Waals surface area contributed by atoms with E-state index in [9.17, 15) is 23.4 Å². The van der Waals surface area contributed by atoms with E-state index in [1.807, 2.05) is 0 Å². The average Bonchev–Trinajstić information content (AvgIpc) is 2.72. The lowest BCUT2D eigenvalue weighted by Gasteiger charge is -2.31. The first-order valence-corrected chi connectivity index (χ1v) is 7.08. The largest absolute Gasteiger partial charge is 0.443 e. The molecule has 1 fully saturated rings. The van der Waals surface area contributed by atoms with Crippen LogP contribution in [0.5, 0.6) is 0 Å². The van der Waals surface area contributed by atoms with Crippen molar-refractivity contribution in [3.8, 4) is 0 Å². The molecular weight excluding hydrogens is 279 g/mol. The van der Waals surface area contributed by atoms with Gasteiger partial charge in [-0.05, 0) is 12.8 Å². The van der Waals surface area contributed by atoms with Gasteiger partial charge in [0.1, 0.15) is 6.10 Å². The third kappa shape index (κ3) is 3.27. The van der Waals surface area contributed by atoms with Gasteiger partial charge in [-0.3, -0.25) is 0 Å². The number of aromatic nitrogens is 1. The molecule has 108 valence electrons. The summed E-state index contributed by atoms with van der Waals surface area (Å²) in [5, 5.41) is 19.6. The Morgan fingerprint density at radius 2 is 1.79 bits per heavy atom. The third-order valence-corrected chi connectivity index (χ3v) is 4.61. The monoisotopic (exact) mass is 295 g/mol. The molecule has 1 aromatic heterocycles. The Bertz CT molecular complexity index is 425. The second-order valence-electron chi connectivity index (χ2n) is 4.99. The smallest absolute Gasteiger partial charge is 0.387 e. The lowest BCUT2D eigenvalue weighted by atomic mass is 9.88. The van der Waals surface area contributed by atoms with E-state index < -0.39 is 22.9 Å². The first-order chi connectivity index (χ1) is 8.83. The zero-order chi connectivity index (χ0) is 14.1. The number of aliphatic hydroxyl groups is 2. The minimum Gasteiger partial charge on any atom is -0.387 e. The summed E-state index contributed by atoms with van der Waals surface area (Å²) < 4.78 is 37.4. The highest BCUT2D eigenvalue weighted by atomic mass is 32.1. The number of halogens is 3. The molecule has 1 aromatic rings. The van der Waals surface area contributed by atoms with Crippen molar-refractivity contribution < 1.29 is 23.4 Å². The van der Waals surface area contributed by atoms with E-state index >= 15 is 0 Å². The van der Waals surface area contributed by atoms with Crippen molar-refractivity contribution in [1.82, 2.24) is 4.98 Å². The van der Waals surface area contributed by atoms with Gasteiger partial charge in [-0.2, -0.15) is 13.2 Å². The predicted molar refractivity (Wildman–Crippen MR) is 64.7 cm³/mol. The summed E-state index contributed by atoms with van der Waals surface area (Å²) in [7, 11) is 0. The zero-order valence-electron chi connectivity index (χ0n) is 10.3. The van der Waals surface area contributed by atoms with Crippen LogP contribution in [0.15, 0.2) is 6.20 Å². The molecule has 2 N–H and O–H groups in total. The Morgan fingerprint density at radius 3 is 2.26 bits per heavy atom. The van der Waals surface area contributed by atoms with Crippen molar-refractivity contribution in [1.29, 1.82) is 0 Å². The van der Waals surface area contributed by atoms with Crippen molar-refractivity contribution in [2.75, 3.05) is 0 Å². The number of hydrogen-bond acceptors (Lipinski definition) is 4. The molecule has 1 saturated carbocycles. The van der Waals surface area contributed by atoms with Gasteiger partial charge in [-0.25, -0.2) is 4.98 Å². The standard InChI is InChI=1S/C12H16F3NO2S/c13-12(14,15)10-16-7-8(19-10)9(17)11(18)5-3-1-2-4-6-11/h7,9,17-18H,1-6H2. The Hall–Kier alpha value is -0.660. The number of alkyl halides is 3. The fraction of sp³-hybridized carbons (Fsp3) is 0.750. The lowest BCUT2D eigenvalue weighted by Crippen LogP contribution is -2.35. The van der Waals surface area contributed by atoms with Gasteiger partial charge in [0, 0.05) is 6.20 Å². The molecule has 1 unspecified atom stereocenters. The molecule has 1 aliphatic carbocycles. The summed E-state index contributed by atoms with van der Waals surface area (Å²) in [5.41, 5.74) is -1.33. The van der Waals surface area contributed by atoms with Gasteiger partial charge in [0.05, 0.1) is 10.5 Å². The van der Waals surface area contributed by atoms with Crippen LogP contribution < -0.4 is 0 Å². The zero-order valence-corrected chi connectivity index (χ0v) is 11.1. The van der Waals surface area contributed by atoms with Gasteiger partial charge in [-0.15, -0.1) is 11.3 Å². The number of nitrogens with zero attached hydrogens (tertiary/aromatic N) is 1. The minimum absolute atomic E-state index is 0.0803. The molecule has 0 saturated heterocycles. The Morgan fingerprint density at radius 1 is 1.21 bits per heavy atom. The maximum atomic E-state index is 12.5. The summed E-state index contributed by atoms with van der Waals surface area (Å²) in [6, 6.07) is 0. The summed E-state index contributed by atoms with van der Waals surface area (Å²) >= 11 is 0.401. The average molecular weight is 295 g/mol. The highest BCUT2D eigenvalue weighted by Gasteiger charge is 2.40. The summed E-state index contributed by atoms with van der Waals surface area (Å²) in [6.07, 6.45) is -0.455. The van der Waals surface area contributed by atoms with Gasteiger partial charge in [0.2, 0.25) is 0 Å². The van der Waals surface area contributed by atoms with E-state index in [0.29, 0.717) is 24.2 Å². The molecule has 0 amide bonds. The van der Waals surface area contributed by atoms with Crippen LogP contribution in [0.3, 0.4) is 0 Å². The first-order valence-electron chi connectivity index (χ1n) is 6.26. The molecule has 0 radical (unpaired) electrons. The first kappa shape index (κ1) is 14.7. The Labute approximate surface area is 113 Å². The van der Waals surface area contributed by atoms with Gasteiger partial charge in [0.25, 0.3) is 0 Å². The summed E-state index contributed by atoms with van der Waals surface area (Å²) in [5.74, 6) is 0.